The number of anilines is 1. The van der Waals surface area contributed by atoms with Gasteiger partial charge in [0.2, 0.25) is 11.8 Å². The van der Waals surface area contributed by atoms with Crippen molar-refractivity contribution in [1.29, 1.82) is 0 Å². The molecule has 1 aromatic heterocycles. The van der Waals surface area contributed by atoms with Crippen LogP contribution in [0.15, 0.2) is 54.6 Å². The molecule has 0 aliphatic carbocycles. The fraction of sp³-hybridized carbons (Fsp3) is 0.320. The summed E-state index contributed by atoms with van der Waals surface area (Å²) in [5.41, 5.74) is 2.32. The van der Waals surface area contributed by atoms with E-state index in [2.05, 4.69) is 4.90 Å². The van der Waals surface area contributed by atoms with Gasteiger partial charge in [0.25, 0.3) is 5.91 Å². The summed E-state index contributed by atoms with van der Waals surface area (Å²) in [6.07, 6.45) is 4.06. The van der Waals surface area contributed by atoms with Crippen LogP contribution in [0.4, 0.5) is 10.3 Å². The maximum atomic E-state index is 13.8. The predicted molar refractivity (Wildman–Crippen MR) is 119 cm³/mol. The quantitative estimate of drug-likeness (QED) is 0.603. The number of piperidine rings is 1. The molecular weight excluding hydrogens is 407 g/mol. The molecule has 0 bridgehead atoms. The van der Waals surface area contributed by atoms with Gasteiger partial charge in [-0.15, -0.1) is 0 Å². The maximum absolute atomic E-state index is 13.8. The maximum Gasteiger partial charge on any atom is 0.254 e. The van der Waals surface area contributed by atoms with Crippen molar-refractivity contribution >= 4 is 11.9 Å². The zero-order valence-corrected chi connectivity index (χ0v) is 17.8. The van der Waals surface area contributed by atoms with Crippen LogP contribution in [0, 0.1) is 5.82 Å². The molecule has 1 fully saturated rings. The minimum absolute atomic E-state index is 0.0342. The van der Waals surface area contributed by atoms with Gasteiger partial charge in [0.05, 0.1) is 17.8 Å². The first-order valence-corrected chi connectivity index (χ1v) is 11.1. The number of carbonyl (C=O) groups is 1. The highest BCUT2D eigenvalue weighted by atomic mass is 19.1. The van der Waals surface area contributed by atoms with E-state index in [1.165, 1.54) is 18.6 Å². The second-order valence-electron chi connectivity index (χ2n) is 8.20. The smallest absolute Gasteiger partial charge is 0.254 e. The molecular formula is C25H25FN4O2. The highest BCUT2D eigenvalue weighted by Crippen LogP contribution is 2.32. The predicted octanol–water partition coefficient (Wildman–Crippen LogP) is 4.60. The van der Waals surface area contributed by atoms with Gasteiger partial charge in [-0.25, -0.2) is 9.37 Å². The number of amides is 1. The van der Waals surface area contributed by atoms with Gasteiger partial charge in [0, 0.05) is 37.7 Å². The van der Waals surface area contributed by atoms with Crippen molar-refractivity contribution in [1.82, 2.24) is 14.9 Å². The lowest BCUT2D eigenvalue weighted by atomic mass is 10.0. The monoisotopic (exact) mass is 432 g/mol. The summed E-state index contributed by atoms with van der Waals surface area (Å²) in [4.78, 5) is 26.6. The first-order valence-electron chi connectivity index (χ1n) is 11.1. The van der Waals surface area contributed by atoms with Crippen molar-refractivity contribution in [2.24, 2.45) is 0 Å². The lowest BCUT2D eigenvalue weighted by Gasteiger charge is -2.32. The Kier molecular flexibility index (Phi) is 5.71. The third-order valence-electron chi connectivity index (χ3n) is 5.97. The summed E-state index contributed by atoms with van der Waals surface area (Å²) in [6, 6.07) is 15.3. The Bertz CT molecular complexity index is 1120. The van der Waals surface area contributed by atoms with Crippen LogP contribution in [0.2, 0.25) is 0 Å². The normalized spacial score (nSPS) is 15.9. The molecule has 5 rings (SSSR count). The Morgan fingerprint density at radius 1 is 0.938 bits per heavy atom. The van der Waals surface area contributed by atoms with Crippen molar-refractivity contribution in [2.75, 3.05) is 24.5 Å². The molecule has 0 radical (unpaired) electrons. The molecule has 0 N–H and O–H groups in total. The Hall–Kier alpha value is -3.48. The van der Waals surface area contributed by atoms with E-state index in [4.69, 9.17) is 14.7 Å². The number of rotatable bonds is 4. The number of fused-ring (bicyclic) bond motifs is 1. The van der Waals surface area contributed by atoms with Crippen LogP contribution in [0.5, 0.6) is 11.6 Å². The van der Waals surface area contributed by atoms with Gasteiger partial charge in [-0.3, -0.25) is 4.79 Å². The molecule has 1 saturated heterocycles. The van der Waals surface area contributed by atoms with Crippen LogP contribution < -0.4 is 9.64 Å². The molecule has 3 aromatic rings. The molecule has 2 aromatic carbocycles. The van der Waals surface area contributed by atoms with E-state index in [-0.39, 0.29) is 11.7 Å². The van der Waals surface area contributed by atoms with E-state index in [1.807, 2.05) is 30.3 Å². The molecule has 0 spiro atoms. The van der Waals surface area contributed by atoms with Crippen molar-refractivity contribution in [3.8, 4) is 11.6 Å². The molecule has 0 atom stereocenters. The van der Waals surface area contributed by atoms with Crippen LogP contribution >= 0.6 is 0 Å². The average molecular weight is 432 g/mol. The van der Waals surface area contributed by atoms with Crippen LogP contribution in [-0.4, -0.2) is 40.4 Å². The molecule has 7 heteroatoms. The van der Waals surface area contributed by atoms with Crippen LogP contribution in [-0.2, 0) is 13.0 Å². The third kappa shape index (κ3) is 4.28. The first kappa shape index (κ1) is 20.4. The van der Waals surface area contributed by atoms with E-state index in [9.17, 15) is 9.18 Å². The summed E-state index contributed by atoms with van der Waals surface area (Å²) < 4.78 is 19.8. The lowest BCUT2D eigenvalue weighted by Crippen LogP contribution is -2.37. The molecule has 2 aliphatic rings. The van der Waals surface area contributed by atoms with Gasteiger partial charge in [-0.2, -0.15) is 4.98 Å². The van der Waals surface area contributed by atoms with Gasteiger partial charge in [0.1, 0.15) is 11.6 Å². The number of carbonyl (C=O) groups excluding carboxylic acids is 1. The van der Waals surface area contributed by atoms with Gasteiger partial charge in [0.15, 0.2) is 0 Å². The number of halogens is 1. The first-order chi connectivity index (χ1) is 15.7. The highest BCUT2D eigenvalue weighted by Gasteiger charge is 2.28. The zero-order valence-electron chi connectivity index (χ0n) is 17.8. The number of hydrogen-bond acceptors (Lipinski definition) is 5. The number of benzene rings is 2. The Labute approximate surface area is 186 Å². The van der Waals surface area contributed by atoms with Crippen LogP contribution in [0.3, 0.4) is 0 Å². The molecule has 0 saturated carbocycles. The highest BCUT2D eigenvalue weighted by molar-refractivity contribution is 5.94. The van der Waals surface area contributed by atoms with E-state index in [1.54, 1.807) is 17.0 Å². The van der Waals surface area contributed by atoms with E-state index >= 15 is 0 Å². The minimum Gasteiger partial charge on any atom is -0.438 e. The molecule has 32 heavy (non-hydrogen) atoms. The molecule has 2 aliphatic heterocycles. The minimum atomic E-state index is -0.373. The van der Waals surface area contributed by atoms with Crippen molar-refractivity contribution in [2.45, 2.75) is 32.2 Å². The number of hydrogen-bond donors (Lipinski definition) is 0. The SMILES string of the molecule is O=C(c1ccccc1)N1CCc2nc(N3CCCCC3)nc(Oc3cccc(F)c3)c2C1. The Morgan fingerprint density at radius 2 is 1.75 bits per heavy atom. The number of nitrogens with zero attached hydrogens (tertiary/aromatic N) is 4. The molecule has 0 unspecified atom stereocenters. The van der Waals surface area contributed by atoms with Gasteiger partial charge < -0.3 is 14.5 Å². The summed E-state index contributed by atoms with van der Waals surface area (Å²) in [7, 11) is 0. The van der Waals surface area contributed by atoms with Gasteiger partial charge in [-0.1, -0.05) is 24.3 Å². The van der Waals surface area contributed by atoms with E-state index in [0.29, 0.717) is 42.7 Å². The summed E-state index contributed by atoms with van der Waals surface area (Å²) in [5, 5.41) is 0. The van der Waals surface area contributed by atoms with Gasteiger partial charge in [-0.05, 0) is 43.5 Å². The van der Waals surface area contributed by atoms with Gasteiger partial charge >= 0.3 is 0 Å². The third-order valence-corrected chi connectivity index (χ3v) is 5.97. The summed E-state index contributed by atoms with van der Waals surface area (Å²) in [6.45, 7) is 2.76. The van der Waals surface area contributed by atoms with E-state index in [0.717, 1.165) is 37.2 Å². The number of aromatic nitrogens is 2. The molecule has 6 nitrogen and oxygen atoms in total. The van der Waals surface area contributed by atoms with Crippen molar-refractivity contribution < 1.29 is 13.9 Å². The van der Waals surface area contributed by atoms with E-state index < -0.39 is 0 Å². The second kappa shape index (κ2) is 8.94. The number of ether oxygens (including phenoxy) is 1. The average Bonchev–Trinajstić information content (AvgIpc) is 2.84. The molecule has 3 heterocycles. The topological polar surface area (TPSA) is 58.6 Å². The molecule has 164 valence electrons. The second-order valence-corrected chi connectivity index (χ2v) is 8.20. The fourth-order valence-electron chi connectivity index (χ4n) is 4.27. The standard InChI is InChI=1S/C25H25FN4O2/c26-19-10-7-11-20(16-19)32-23-21-17-30(24(31)18-8-3-1-4-9-18)15-12-22(21)27-25(28-23)29-13-5-2-6-14-29/h1,3-4,7-11,16H,2,5-6,12-15,17H2. The lowest BCUT2D eigenvalue weighted by molar-refractivity contribution is 0.0732. The fourth-order valence-corrected chi connectivity index (χ4v) is 4.27. The van der Waals surface area contributed by atoms with Crippen molar-refractivity contribution in [3.63, 3.8) is 0 Å². The Morgan fingerprint density at radius 3 is 2.53 bits per heavy atom. The Balaban J connectivity index is 1.49. The van der Waals surface area contributed by atoms with Crippen LogP contribution in [0.1, 0.15) is 40.9 Å². The largest absolute Gasteiger partial charge is 0.438 e. The summed E-state index contributed by atoms with van der Waals surface area (Å²) in [5.74, 6) is 1.02. The summed E-state index contributed by atoms with van der Waals surface area (Å²) >= 11 is 0. The zero-order chi connectivity index (χ0) is 21.9. The van der Waals surface area contributed by atoms with Crippen molar-refractivity contribution in [3.05, 3.63) is 77.2 Å². The molecule has 1 amide bonds. The van der Waals surface area contributed by atoms with Crippen LogP contribution in [0.25, 0.3) is 0 Å².